The van der Waals surface area contributed by atoms with Crippen molar-refractivity contribution in [1.29, 1.82) is 0 Å². The average molecular weight is 452 g/mol. The predicted molar refractivity (Wildman–Crippen MR) is 118 cm³/mol. The number of hydrogen-bond acceptors (Lipinski definition) is 6. The van der Waals surface area contributed by atoms with Gasteiger partial charge in [-0.1, -0.05) is 18.2 Å². The zero-order valence-electron chi connectivity index (χ0n) is 17.7. The number of carbonyl (C=O) groups is 3. The topological polar surface area (TPSA) is 112 Å². The first-order chi connectivity index (χ1) is 15.9. The van der Waals surface area contributed by atoms with Crippen LogP contribution in [0.4, 0.5) is 9.18 Å². The Kier molecular flexibility index (Phi) is 7.53. The summed E-state index contributed by atoms with van der Waals surface area (Å²) >= 11 is 0. The van der Waals surface area contributed by atoms with Gasteiger partial charge in [0.15, 0.2) is 6.61 Å². The van der Waals surface area contributed by atoms with E-state index in [1.165, 1.54) is 48.3 Å². The van der Waals surface area contributed by atoms with Crippen LogP contribution in [0, 0.1) is 5.82 Å². The van der Waals surface area contributed by atoms with Crippen molar-refractivity contribution in [1.82, 2.24) is 20.4 Å². The van der Waals surface area contributed by atoms with Crippen molar-refractivity contribution in [2.45, 2.75) is 0 Å². The molecule has 2 N–H and O–H groups in total. The maximum atomic E-state index is 13.3. The zero-order valence-corrected chi connectivity index (χ0v) is 17.7. The van der Waals surface area contributed by atoms with Gasteiger partial charge in [-0.15, -0.1) is 6.58 Å². The summed E-state index contributed by atoms with van der Waals surface area (Å²) in [5.74, 6) is -1.50. The first kappa shape index (κ1) is 23.2. The molecule has 1 aromatic heterocycles. The summed E-state index contributed by atoms with van der Waals surface area (Å²) in [6.45, 7) is 2.94. The van der Waals surface area contributed by atoms with E-state index < -0.39 is 30.3 Å². The smallest absolute Gasteiger partial charge is 0.342 e. The zero-order chi connectivity index (χ0) is 23.8. The molecule has 0 atom stereocenters. The van der Waals surface area contributed by atoms with E-state index in [4.69, 9.17) is 9.47 Å². The van der Waals surface area contributed by atoms with Crippen LogP contribution in [0.15, 0.2) is 67.4 Å². The van der Waals surface area contributed by atoms with Crippen LogP contribution in [0.5, 0.6) is 5.75 Å². The summed E-state index contributed by atoms with van der Waals surface area (Å²) in [6, 6.07) is 11.7. The van der Waals surface area contributed by atoms with Gasteiger partial charge in [0.05, 0.1) is 12.8 Å². The molecule has 170 valence electrons. The van der Waals surface area contributed by atoms with E-state index in [2.05, 4.69) is 17.0 Å². The molecule has 10 heteroatoms. The second-order valence-corrected chi connectivity index (χ2v) is 6.67. The van der Waals surface area contributed by atoms with Gasteiger partial charge in [-0.25, -0.2) is 18.7 Å². The summed E-state index contributed by atoms with van der Waals surface area (Å²) in [5.41, 5.74) is 1.41. The minimum absolute atomic E-state index is 0.0662. The Morgan fingerprint density at radius 3 is 2.64 bits per heavy atom. The lowest BCUT2D eigenvalue weighted by atomic mass is 10.1. The number of carbonyl (C=O) groups excluding carboxylic acids is 3. The molecule has 0 aliphatic carbocycles. The number of aromatic nitrogens is 2. The van der Waals surface area contributed by atoms with Crippen LogP contribution >= 0.6 is 0 Å². The molecule has 0 radical (unpaired) electrons. The molecule has 0 saturated carbocycles. The van der Waals surface area contributed by atoms with Crippen molar-refractivity contribution in [3.8, 4) is 22.7 Å². The molecule has 0 spiro atoms. The first-order valence-corrected chi connectivity index (χ1v) is 9.77. The Hall–Kier alpha value is -4.47. The van der Waals surface area contributed by atoms with Crippen molar-refractivity contribution in [2.75, 3.05) is 20.3 Å². The third-order valence-corrected chi connectivity index (χ3v) is 4.36. The number of hydrogen-bond donors (Lipinski definition) is 2. The molecule has 3 rings (SSSR count). The van der Waals surface area contributed by atoms with Crippen molar-refractivity contribution in [3.05, 3.63) is 78.8 Å². The van der Waals surface area contributed by atoms with Crippen LogP contribution in [-0.2, 0) is 9.53 Å². The van der Waals surface area contributed by atoms with E-state index in [0.717, 1.165) is 0 Å². The highest BCUT2D eigenvalue weighted by atomic mass is 19.1. The van der Waals surface area contributed by atoms with Crippen molar-refractivity contribution < 1.29 is 28.2 Å². The number of methoxy groups -OCH3 is 1. The van der Waals surface area contributed by atoms with Crippen LogP contribution in [-0.4, -0.2) is 47.9 Å². The largest absolute Gasteiger partial charge is 0.497 e. The molecule has 3 amide bonds. The van der Waals surface area contributed by atoms with E-state index >= 15 is 0 Å². The second-order valence-electron chi connectivity index (χ2n) is 6.67. The number of urea groups is 1. The van der Waals surface area contributed by atoms with Crippen molar-refractivity contribution >= 4 is 17.9 Å². The van der Waals surface area contributed by atoms with Gasteiger partial charge >= 0.3 is 12.0 Å². The standard InChI is InChI=1S/C23H21FN4O5/c1-3-11-25-23(31)26-20(29)14-33-22(30)19-13-28(17-9-7-16(24)8-10-17)27-21(19)15-5-4-6-18(12-15)32-2/h3-10,12-13H,1,11,14H2,2H3,(H2,25,26,29,31). The number of halogens is 1. The molecule has 1 heterocycles. The van der Waals surface area contributed by atoms with Gasteiger partial charge in [-0.05, 0) is 36.4 Å². The minimum Gasteiger partial charge on any atom is -0.497 e. The molecule has 0 fully saturated rings. The predicted octanol–water partition coefficient (Wildman–Crippen LogP) is 2.86. The lowest BCUT2D eigenvalue weighted by Gasteiger charge is -2.07. The second kappa shape index (κ2) is 10.7. The van der Waals surface area contributed by atoms with Crippen molar-refractivity contribution in [3.63, 3.8) is 0 Å². The molecule has 0 aliphatic heterocycles. The molecular formula is C23H21FN4O5. The average Bonchev–Trinajstić information content (AvgIpc) is 3.27. The third-order valence-electron chi connectivity index (χ3n) is 4.36. The molecule has 0 saturated heterocycles. The maximum Gasteiger partial charge on any atom is 0.342 e. The number of nitrogens with one attached hydrogen (secondary N) is 2. The van der Waals surface area contributed by atoms with Gasteiger partial charge in [-0.3, -0.25) is 10.1 Å². The summed E-state index contributed by atoms with van der Waals surface area (Å²) in [7, 11) is 1.51. The lowest BCUT2D eigenvalue weighted by Crippen LogP contribution is -2.41. The van der Waals surface area contributed by atoms with E-state index in [-0.39, 0.29) is 17.8 Å². The fraction of sp³-hybridized carbons (Fsp3) is 0.130. The number of amides is 3. The van der Waals surface area contributed by atoms with E-state index in [0.29, 0.717) is 17.0 Å². The fourth-order valence-corrected chi connectivity index (χ4v) is 2.81. The van der Waals surface area contributed by atoms with E-state index in [9.17, 15) is 18.8 Å². The van der Waals surface area contributed by atoms with Gasteiger partial charge in [0, 0.05) is 18.3 Å². The molecule has 0 unspecified atom stereocenters. The summed E-state index contributed by atoms with van der Waals surface area (Å²) in [5, 5.41) is 8.85. The summed E-state index contributed by atoms with van der Waals surface area (Å²) in [6.07, 6.45) is 2.86. The Balaban J connectivity index is 1.84. The number of ether oxygens (including phenoxy) is 2. The van der Waals surface area contributed by atoms with Gasteiger partial charge < -0.3 is 14.8 Å². The molecular weight excluding hydrogens is 431 g/mol. The van der Waals surface area contributed by atoms with Gasteiger partial charge in [0.25, 0.3) is 5.91 Å². The number of nitrogens with zero attached hydrogens (tertiary/aromatic N) is 2. The Morgan fingerprint density at radius 2 is 1.94 bits per heavy atom. The van der Waals surface area contributed by atoms with Crippen LogP contribution in [0.25, 0.3) is 16.9 Å². The third kappa shape index (κ3) is 6.03. The summed E-state index contributed by atoms with van der Waals surface area (Å²) in [4.78, 5) is 36.2. The van der Waals surface area contributed by atoms with Crippen LogP contribution in [0.1, 0.15) is 10.4 Å². The number of imide groups is 1. The van der Waals surface area contributed by atoms with Crippen molar-refractivity contribution in [2.24, 2.45) is 0 Å². The Bertz CT molecular complexity index is 1170. The van der Waals surface area contributed by atoms with E-state index in [1.54, 1.807) is 24.3 Å². The summed E-state index contributed by atoms with van der Waals surface area (Å²) < 4.78 is 25.0. The Morgan fingerprint density at radius 1 is 1.18 bits per heavy atom. The molecule has 3 aromatic rings. The highest BCUT2D eigenvalue weighted by Crippen LogP contribution is 2.27. The van der Waals surface area contributed by atoms with Crippen LogP contribution < -0.4 is 15.4 Å². The van der Waals surface area contributed by atoms with Crippen LogP contribution in [0.3, 0.4) is 0 Å². The number of rotatable bonds is 8. The quantitative estimate of drug-likeness (QED) is 0.402. The monoisotopic (exact) mass is 452 g/mol. The van der Waals surface area contributed by atoms with Gasteiger partial charge in [-0.2, -0.15) is 5.10 Å². The molecule has 0 bridgehead atoms. The maximum absolute atomic E-state index is 13.3. The van der Waals surface area contributed by atoms with Crippen LogP contribution in [0.2, 0.25) is 0 Å². The van der Waals surface area contributed by atoms with E-state index in [1.807, 2.05) is 5.32 Å². The highest BCUT2D eigenvalue weighted by molar-refractivity contribution is 5.99. The number of benzene rings is 2. The molecule has 2 aromatic carbocycles. The first-order valence-electron chi connectivity index (χ1n) is 9.77. The minimum atomic E-state index is -0.831. The van der Waals surface area contributed by atoms with Gasteiger partial charge in [0.2, 0.25) is 0 Å². The SMILES string of the molecule is C=CCNC(=O)NC(=O)COC(=O)c1cn(-c2ccc(F)cc2)nc1-c1cccc(OC)c1. The highest BCUT2D eigenvalue weighted by Gasteiger charge is 2.21. The Labute approximate surface area is 188 Å². The fourth-order valence-electron chi connectivity index (χ4n) is 2.81. The number of esters is 1. The lowest BCUT2D eigenvalue weighted by molar-refractivity contribution is -0.123. The molecule has 33 heavy (non-hydrogen) atoms. The molecule has 0 aliphatic rings. The molecule has 9 nitrogen and oxygen atoms in total. The normalized spacial score (nSPS) is 10.2. The van der Waals surface area contributed by atoms with Gasteiger partial charge in [0.1, 0.15) is 22.8 Å².